The third-order valence-electron chi connectivity index (χ3n) is 6.77. The lowest BCUT2D eigenvalue weighted by atomic mass is 10.1. The Bertz CT molecular complexity index is 937. The second-order valence-electron chi connectivity index (χ2n) is 8.85. The summed E-state index contributed by atoms with van der Waals surface area (Å²) in [5.41, 5.74) is 0.865. The third kappa shape index (κ3) is 4.26. The van der Waals surface area contributed by atoms with Crippen LogP contribution in [0.1, 0.15) is 25.7 Å². The monoisotopic (exact) mass is 434 g/mol. The number of anilines is 3. The fourth-order valence-corrected chi connectivity index (χ4v) is 4.92. The van der Waals surface area contributed by atoms with Gasteiger partial charge in [0.25, 0.3) is 0 Å². The Labute approximate surface area is 188 Å². The molecule has 0 bridgehead atoms. The van der Waals surface area contributed by atoms with Gasteiger partial charge in [0.05, 0.1) is 5.92 Å². The van der Waals surface area contributed by atoms with Crippen LogP contribution in [-0.2, 0) is 9.59 Å². The van der Waals surface area contributed by atoms with Crippen LogP contribution in [0.25, 0.3) is 0 Å². The zero-order chi connectivity index (χ0) is 21.9. The smallest absolute Gasteiger partial charge is 0.228 e. The number of carbonyl (C=O) groups is 2. The summed E-state index contributed by atoms with van der Waals surface area (Å²) in [4.78, 5) is 33.7. The number of hydrogen-bond donors (Lipinski definition) is 0. The van der Waals surface area contributed by atoms with Crippen molar-refractivity contribution in [2.45, 2.75) is 25.7 Å². The van der Waals surface area contributed by atoms with Crippen molar-refractivity contribution in [3.05, 3.63) is 42.5 Å². The number of amides is 2. The molecule has 8 heteroatoms. The molecule has 0 saturated carbocycles. The molecule has 1 atom stereocenters. The first-order valence-electron chi connectivity index (χ1n) is 11.7. The van der Waals surface area contributed by atoms with E-state index in [1.807, 2.05) is 41.3 Å². The summed E-state index contributed by atoms with van der Waals surface area (Å²) < 4.78 is 0. The van der Waals surface area contributed by atoms with Crippen molar-refractivity contribution < 1.29 is 9.59 Å². The van der Waals surface area contributed by atoms with E-state index in [0.29, 0.717) is 19.6 Å². The summed E-state index contributed by atoms with van der Waals surface area (Å²) in [5.74, 6) is 1.67. The van der Waals surface area contributed by atoms with Gasteiger partial charge in [0.15, 0.2) is 11.6 Å². The van der Waals surface area contributed by atoms with Gasteiger partial charge in [-0.25, -0.2) is 0 Å². The van der Waals surface area contributed by atoms with Crippen molar-refractivity contribution in [1.82, 2.24) is 15.1 Å². The Morgan fingerprint density at radius 1 is 0.781 bits per heavy atom. The molecule has 1 aromatic carbocycles. The van der Waals surface area contributed by atoms with E-state index in [4.69, 9.17) is 0 Å². The molecule has 8 nitrogen and oxygen atoms in total. The van der Waals surface area contributed by atoms with E-state index >= 15 is 0 Å². The highest BCUT2D eigenvalue weighted by Crippen LogP contribution is 2.27. The number of piperazine rings is 1. The quantitative estimate of drug-likeness (QED) is 0.734. The minimum absolute atomic E-state index is 0.0252. The Balaban J connectivity index is 1.15. The van der Waals surface area contributed by atoms with Crippen LogP contribution in [-0.4, -0.2) is 72.7 Å². The maximum atomic E-state index is 13.1. The Morgan fingerprint density at radius 2 is 1.41 bits per heavy atom. The molecule has 0 radical (unpaired) electrons. The minimum Gasteiger partial charge on any atom is -0.355 e. The Kier molecular flexibility index (Phi) is 5.92. The summed E-state index contributed by atoms with van der Waals surface area (Å²) >= 11 is 0. The molecule has 5 rings (SSSR count). The predicted molar refractivity (Wildman–Crippen MR) is 124 cm³/mol. The number of piperidine rings is 1. The zero-order valence-electron chi connectivity index (χ0n) is 18.4. The highest BCUT2D eigenvalue weighted by molar-refractivity contribution is 6.00. The Morgan fingerprint density at radius 3 is 2.03 bits per heavy atom. The molecule has 2 amide bonds. The van der Waals surface area contributed by atoms with Crippen molar-refractivity contribution in [2.75, 3.05) is 60.5 Å². The lowest BCUT2D eigenvalue weighted by Gasteiger charge is -2.36. The topological polar surface area (TPSA) is 72.9 Å². The fourth-order valence-electron chi connectivity index (χ4n) is 4.92. The first kappa shape index (κ1) is 20.7. The molecule has 4 heterocycles. The molecule has 1 aromatic heterocycles. The molecule has 3 aliphatic rings. The summed E-state index contributed by atoms with van der Waals surface area (Å²) in [6.45, 7) is 5.32. The number of aromatic nitrogens is 2. The van der Waals surface area contributed by atoms with E-state index in [1.54, 1.807) is 4.90 Å². The van der Waals surface area contributed by atoms with Gasteiger partial charge in [-0.15, -0.1) is 10.2 Å². The van der Waals surface area contributed by atoms with Crippen molar-refractivity contribution in [3.63, 3.8) is 0 Å². The zero-order valence-corrected chi connectivity index (χ0v) is 18.4. The molecule has 2 aromatic rings. The van der Waals surface area contributed by atoms with Crippen molar-refractivity contribution in [3.8, 4) is 0 Å². The highest BCUT2D eigenvalue weighted by Gasteiger charge is 2.38. The van der Waals surface area contributed by atoms with Gasteiger partial charge in [0.1, 0.15) is 0 Å². The van der Waals surface area contributed by atoms with E-state index < -0.39 is 0 Å². The Hall–Kier alpha value is -3.16. The fraction of sp³-hybridized carbons (Fsp3) is 0.500. The lowest BCUT2D eigenvalue weighted by Crippen LogP contribution is -2.51. The number of para-hydroxylation sites is 1. The van der Waals surface area contributed by atoms with Gasteiger partial charge < -0.3 is 19.6 Å². The number of carbonyl (C=O) groups excluding carboxylic acids is 2. The van der Waals surface area contributed by atoms with Crippen LogP contribution < -0.4 is 14.7 Å². The van der Waals surface area contributed by atoms with Gasteiger partial charge in [-0.05, 0) is 43.5 Å². The van der Waals surface area contributed by atoms with Gasteiger partial charge in [-0.2, -0.15) is 0 Å². The summed E-state index contributed by atoms with van der Waals surface area (Å²) in [6, 6.07) is 13.7. The normalized spacial score (nSPS) is 21.9. The van der Waals surface area contributed by atoms with Crippen LogP contribution in [0.3, 0.4) is 0 Å². The van der Waals surface area contributed by atoms with Crippen LogP contribution in [0.4, 0.5) is 17.3 Å². The van der Waals surface area contributed by atoms with E-state index in [1.165, 1.54) is 19.3 Å². The molecular weight excluding hydrogens is 404 g/mol. The lowest BCUT2D eigenvalue weighted by molar-refractivity contribution is -0.136. The van der Waals surface area contributed by atoms with Crippen LogP contribution in [0, 0.1) is 5.92 Å². The molecule has 1 unspecified atom stereocenters. The van der Waals surface area contributed by atoms with Gasteiger partial charge in [-0.3, -0.25) is 9.59 Å². The van der Waals surface area contributed by atoms with E-state index in [0.717, 1.165) is 43.5 Å². The molecule has 3 fully saturated rings. The van der Waals surface area contributed by atoms with Gasteiger partial charge in [0, 0.05) is 57.9 Å². The molecule has 3 saturated heterocycles. The molecule has 168 valence electrons. The first-order chi connectivity index (χ1) is 15.7. The van der Waals surface area contributed by atoms with E-state index in [9.17, 15) is 9.59 Å². The maximum absolute atomic E-state index is 13.1. The second-order valence-corrected chi connectivity index (χ2v) is 8.85. The SMILES string of the molecule is O=C(C1CC(=O)N(c2ccccc2)C1)N1CCN(c2ccc(N3CCCCC3)nn2)CC1. The van der Waals surface area contributed by atoms with E-state index in [2.05, 4.69) is 26.1 Å². The summed E-state index contributed by atoms with van der Waals surface area (Å²) in [5, 5.41) is 8.91. The van der Waals surface area contributed by atoms with Gasteiger partial charge in [0.2, 0.25) is 11.8 Å². The third-order valence-corrected chi connectivity index (χ3v) is 6.77. The van der Waals surface area contributed by atoms with Gasteiger partial charge in [-0.1, -0.05) is 18.2 Å². The van der Waals surface area contributed by atoms with Crippen LogP contribution >= 0.6 is 0 Å². The average molecular weight is 435 g/mol. The van der Waals surface area contributed by atoms with Crippen LogP contribution in [0.5, 0.6) is 0 Å². The van der Waals surface area contributed by atoms with Crippen molar-refractivity contribution >= 4 is 29.1 Å². The standard InChI is InChI=1S/C24H30N6O2/c31-23-17-19(18-30(23)20-7-3-1-4-8-20)24(32)29-15-13-28(14-16-29)22-10-9-21(25-26-22)27-11-5-2-6-12-27/h1,3-4,7-10,19H,2,5-6,11-18H2. The molecular formula is C24H30N6O2. The number of hydrogen-bond acceptors (Lipinski definition) is 6. The highest BCUT2D eigenvalue weighted by atomic mass is 16.2. The molecule has 0 aliphatic carbocycles. The molecule has 32 heavy (non-hydrogen) atoms. The number of rotatable bonds is 4. The first-order valence-corrected chi connectivity index (χ1v) is 11.7. The molecule has 0 spiro atoms. The van der Waals surface area contributed by atoms with Crippen molar-refractivity contribution in [1.29, 1.82) is 0 Å². The van der Waals surface area contributed by atoms with Gasteiger partial charge >= 0.3 is 0 Å². The molecule has 0 N–H and O–H groups in total. The van der Waals surface area contributed by atoms with Crippen LogP contribution in [0.15, 0.2) is 42.5 Å². The number of nitrogens with zero attached hydrogens (tertiary/aromatic N) is 6. The predicted octanol–water partition coefficient (Wildman–Crippen LogP) is 2.17. The largest absolute Gasteiger partial charge is 0.355 e. The second kappa shape index (κ2) is 9.14. The maximum Gasteiger partial charge on any atom is 0.228 e. The van der Waals surface area contributed by atoms with Crippen LogP contribution in [0.2, 0.25) is 0 Å². The van der Waals surface area contributed by atoms with E-state index in [-0.39, 0.29) is 24.2 Å². The number of benzene rings is 1. The molecule has 3 aliphatic heterocycles. The van der Waals surface area contributed by atoms with Crippen molar-refractivity contribution in [2.24, 2.45) is 5.92 Å². The minimum atomic E-state index is -0.266. The summed E-state index contributed by atoms with van der Waals surface area (Å²) in [6.07, 6.45) is 4.02. The summed E-state index contributed by atoms with van der Waals surface area (Å²) in [7, 11) is 0. The average Bonchev–Trinajstić information content (AvgIpc) is 3.26.